The summed E-state index contributed by atoms with van der Waals surface area (Å²) in [6.45, 7) is 3.17. The third-order valence-electron chi connectivity index (χ3n) is 4.29. The van der Waals surface area contributed by atoms with E-state index in [2.05, 4.69) is 5.32 Å². The fourth-order valence-electron chi connectivity index (χ4n) is 2.52. The van der Waals surface area contributed by atoms with Gasteiger partial charge >= 0.3 is 11.9 Å². The zero-order valence-corrected chi connectivity index (χ0v) is 14.6. The molecule has 0 radical (unpaired) electrons. The van der Waals surface area contributed by atoms with E-state index in [1.54, 1.807) is 50.2 Å². The molecule has 26 heavy (non-hydrogen) atoms. The molecule has 1 amide bonds. The predicted molar refractivity (Wildman–Crippen MR) is 96.0 cm³/mol. The Hall–Kier alpha value is -3.15. The Labute approximate surface area is 151 Å². The van der Waals surface area contributed by atoms with E-state index in [-0.39, 0.29) is 6.42 Å². The lowest BCUT2D eigenvalue weighted by Crippen LogP contribution is -2.31. The minimum atomic E-state index is -1.06. The van der Waals surface area contributed by atoms with Crippen LogP contribution in [-0.2, 0) is 15.0 Å². The average molecular weight is 355 g/mol. The zero-order chi connectivity index (χ0) is 19.3. The van der Waals surface area contributed by atoms with Gasteiger partial charge in [-0.05, 0) is 37.1 Å². The number of carboxylic acids is 2. The molecule has 0 bridgehead atoms. The standard InChI is InChI=1S/C20H21NO5/c1-20(2,19(25)26)15-10-8-14(9-11-15)18(24)21-16(12-17(22)23)13-6-4-3-5-7-13/h3-11,16H,12H2,1-2H3,(H,21,24)(H,22,23)(H,25,26)/t16-/m0/s1. The Kier molecular flexibility index (Phi) is 5.77. The highest BCUT2D eigenvalue weighted by Gasteiger charge is 2.29. The van der Waals surface area contributed by atoms with Crippen molar-refractivity contribution in [1.82, 2.24) is 5.32 Å². The molecule has 2 aromatic rings. The molecule has 0 unspecified atom stereocenters. The second-order valence-electron chi connectivity index (χ2n) is 6.54. The van der Waals surface area contributed by atoms with Crippen LogP contribution >= 0.6 is 0 Å². The Bertz CT molecular complexity index is 797. The Balaban J connectivity index is 2.19. The van der Waals surface area contributed by atoms with Crippen LogP contribution in [0.2, 0.25) is 0 Å². The summed E-state index contributed by atoms with van der Waals surface area (Å²) in [7, 11) is 0. The number of carbonyl (C=O) groups is 3. The Morgan fingerprint density at radius 1 is 0.962 bits per heavy atom. The van der Waals surface area contributed by atoms with Crippen molar-refractivity contribution >= 4 is 17.8 Å². The molecule has 0 heterocycles. The number of hydrogen-bond acceptors (Lipinski definition) is 3. The molecule has 0 spiro atoms. The van der Waals surface area contributed by atoms with Crippen molar-refractivity contribution in [2.45, 2.75) is 31.7 Å². The fraction of sp³-hybridized carbons (Fsp3) is 0.250. The van der Waals surface area contributed by atoms with E-state index in [1.807, 2.05) is 6.07 Å². The van der Waals surface area contributed by atoms with Crippen LogP contribution in [0.5, 0.6) is 0 Å². The van der Waals surface area contributed by atoms with Crippen LogP contribution in [0.25, 0.3) is 0 Å². The first-order valence-electron chi connectivity index (χ1n) is 8.13. The molecule has 6 nitrogen and oxygen atoms in total. The van der Waals surface area contributed by atoms with Crippen molar-refractivity contribution in [3.63, 3.8) is 0 Å². The first-order valence-corrected chi connectivity index (χ1v) is 8.13. The van der Waals surface area contributed by atoms with Crippen LogP contribution < -0.4 is 5.32 Å². The van der Waals surface area contributed by atoms with Crippen molar-refractivity contribution < 1.29 is 24.6 Å². The molecular weight excluding hydrogens is 334 g/mol. The van der Waals surface area contributed by atoms with Gasteiger partial charge in [-0.25, -0.2) is 0 Å². The molecule has 136 valence electrons. The minimum absolute atomic E-state index is 0.236. The quantitative estimate of drug-likeness (QED) is 0.708. The minimum Gasteiger partial charge on any atom is -0.481 e. The number of rotatable bonds is 7. The number of benzene rings is 2. The van der Waals surface area contributed by atoms with Crippen molar-refractivity contribution in [3.05, 3.63) is 71.3 Å². The molecular formula is C20H21NO5. The molecule has 0 saturated carbocycles. The fourth-order valence-corrected chi connectivity index (χ4v) is 2.52. The SMILES string of the molecule is CC(C)(C(=O)O)c1ccc(C(=O)N[C@@H](CC(=O)O)c2ccccc2)cc1. The predicted octanol–water partition coefficient (Wildman–Crippen LogP) is 2.99. The number of amides is 1. The highest BCUT2D eigenvalue weighted by atomic mass is 16.4. The van der Waals surface area contributed by atoms with E-state index >= 15 is 0 Å². The summed E-state index contributed by atoms with van der Waals surface area (Å²) >= 11 is 0. The Morgan fingerprint density at radius 2 is 1.54 bits per heavy atom. The van der Waals surface area contributed by atoms with Gasteiger partial charge in [-0.2, -0.15) is 0 Å². The number of carbonyl (C=O) groups excluding carboxylic acids is 1. The number of aliphatic carboxylic acids is 2. The maximum Gasteiger partial charge on any atom is 0.313 e. The van der Waals surface area contributed by atoms with Crippen LogP contribution in [0, 0.1) is 0 Å². The van der Waals surface area contributed by atoms with Crippen LogP contribution in [0.3, 0.4) is 0 Å². The first-order chi connectivity index (χ1) is 12.2. The van der Waals surface area contributed by atoms with E-state index in [4.69, 9.17) is 5.11 Å². The summed E-state index contributed by atoms with van der Waals surface area (Å²) < 4.78 is 0. The normalized spacial score (nSPS) is 12.2. The van der Waals surface area contributed by atoms with Gasteiger partial charge in [-0.1, -0.05) is 42.5 Å². The third-order valence-corrected chi connectivity index (χ3v) is 4.29. The summed E-state index contributed by atoms with van der Waals surface area (Å²) in [4.78, 5) is 34.9. The van der Waals surface area contributed by atoms with Gasteiger partial charge in [-0.3, -0.25) is 14.4 Å². The second kappa shape index (κ2) is 7.82. The molecule has 2 rings (SSSR count). The third kappa shape index (κ3) is 4.47. The maximum atomic E-state index is 12.5. The van der Waals surface area contributed by atoms with Crippen LogP contribution in [0.15, 0.2) is 54.6 Å². The van der Waals surface area contributed by atoms with Gasteiger partial charge in [0.1, 0.15) is 0 Å². The van der Waals surface area contributed by atoms with Gasteiger partial charge in [0.2, 0.25) is 0 Å². The second-order valence-corrected chi connectivity index (χ2v) is 6.54. The highest BCUT2D eigenvalue weighted by Crippen LogP contribution is 2.24. The lowest BCUT2D eigenvalue weighted by Gasteiger charge is -2.20. The monoisotopic (exact) mass is 355 g/mol. The first kappa shape index (κ1) is 19.2. The number of carboxylic acid groups (broad SMARTS) is 2. The van der Waals surface area contributed by atoms with Gasteiger partial charge in [-0.15, -0.1) is 0 Å². The summed E-state index contributed by atoms with van der Waals surface area (Å²) in [6, 6.07) is 14.5. The van der Waals surface area contributed by atoms with E-state index in [9.17, 15) is 19.5 Å². The maximum absolute atomic E-state index is 12.5. The van der Waals surface area contributed by atoms with Gasteiger partial charge in [0.05, 0.1) is 17.9 Å². The smallest absolute Gasteiger partial charge is 0.313 e. The molecule has 0 aromatic heterocycles. The van der Waals surface area contributed by atoms with Gasteiger partial charge in [0.15, 0.2) is 0 Å². The average Bonchev–Trinajstić information content (AvgIpc) is 2.61. The van der Waals surface area contributed by atoms with Crippen molar-refractivity contribution in [3.8, 4) is 0 Å². The zero-order valence-electron chi connectivity index (χ0n) is 14.6. The highest BCUT2D eigenvalue weighted by molar-refractivity contribution is 5.95. The van der Waals surface area contributed by atoms with Gasteiger partial charge in [0.25, 0.3) is 5.91 Å². The largest absolute Gasteiger partial charge is 0.481 e. The molecule has 0 fully saturated rings. The van der Waals surface area contributed by atoms with E-state index in [1.165, 1.54) is 12.1 Å². The lowest BCUT2D eigenvalue weighted by molar-refractivity contribution is -0.142. The topological polar surface area (TPSA) is 104 Å². The summed E-state index contributed by atoms with van der Waals surface area (Å²) in [5.74, 6) is -2.39. The molecule has 0 saturated heterocycles. The van der Waals surface area contributed by atoms with Crippen molar-refractivity contribution in [2.75, 3.05) is 0 Å². The number of nitrogens with one attached hydrogen (secondary N) is 1. The van der Waals surface area contributed by atoms with Gasteiger partial charge < -0.3 is 15.5 Å². The van der Waals surface area contributed by atoms with E-state index in [0.29, 0.717) is 16.7 Å². The molecule has 3 N–H and O–H groups in total. The van der Waals surface area contributed by atoms with Gasteiger partial charge in [0, 0.05) is 5.56 Å². The van der Waals surface area contributed by atoms with E-state index < -0.39 is 29.3 Å². The molecule has 1 atom stereocenters. The van der Waals surface area contributed by atoms with Crippen LogP contribution in [0.1, 0.15) is 47.8 Å². The molecule has 6 heteroatoms. The Morgan fingerprint density at radius 3 is 2.04 bits per heavy atom. The summed E-state index contributed by atoms with van der Waals surface area (Å²) in [6.07, 6.45) is -0.236. The van der Waals surface area contributed by atoms with Crippen molar-refractivity contribution in [1.29, 1.82) is 0 Å². The summed E-state index contributed by atoms with van der Waals surface area (Å²) in [5, 5.41) is 21.1. The van der Waals surface area contributed by atoms with Crippen LogP contribution in [-0.4, -0.2) is 28.1 Å². The molecule has 2 aromatic carbocycles. The molecule has 0 aliphatic rings. The van der Waals surface area contributed by atoms with Crippen LogP contribution in [0.4, 0.5) is 0 Å². The lowest BCUT2D eigenvalue weighted by atomic mass is 9.84. The number of hydrogen-bond donors (Lipinski definition) is 3. The summed E-state index contributed by atoms with van der Waals surface area (Å²) in [5.41, 5.74) is 0.546. The van der Waals surface area contributed by atoms with E-state index in [0.717, 1.165) is 0 Å². The molecule has 0 aliphatic heterocycles. The van der Waals surface area contributed by atoms with Crippen molar-refractivity contribution in [2.24, 2.45) is 0 Å². The molecule has 0 aliphatic carbocycles.